The molecule has 3 rings (SSSR count). The maximum Gasteiger partial charge on any atom is 0.0220 e. The van der Waals surface area contributed by atoms with Crippen LogP contribution in [0.3, 0.4) is 0 Å². The van der Waals surface area contributed by atoms with Crippen molar-refractivity contribution >= 4 is 53.0 Å². The molecule has 1 unspecified atom stereocenters. The average Bonchev–Trinajstić information content (AvgIpc) is 2.40. The largest absolute Gasteiger partial charge is 0.0622 e. The van der Waals surface area contributed by atoms with Gasteiger partial charge in [0.25, 0.3) is 0 Å². The number of hydrogen-bond acceptors (Lipinski definition) is 0. The maximum atomic E-state index is 2.34. The third-order valence-corrected chi connectivity index (χ3v) is 8.58. The van der Waals surface area contributed by atoms with Gasteiger partial charge in [0.1, 0.15) is 0 Å². The second-order valence-corrected chi connectivity index (χ2v) is 9.79. The molecule has 0 aliphatic carbocycles. The molecule has 0 aliphatic heterocycles. The van der Waals surface area contributed by atoms with Gasteiger partial charge in [0.2, 0.25) is 0 Å². The monoisotopic (exact) mass is 290 g/mol. The van der Waals surface area contributed by atoms with E-state index in [4.69, 9.17) is 0 Å². The van der Waals surface area contributed by atoms with E-state index in [1.54, 1.807) is 0 Å². The molecule has 0 bridgehead atoms. The Labute approximate surface area is 107 Å². The van der Waals surface area contributed by atoms with Gasteiger partial charge < -0.3 is 0 Å². The summed E-state index contributed by atoms with van der Waals surface area (Å²) in [5, 5.41) is 5.91. The van der Waals surface area contributed by atoms with Crippen LogP contribution in [0.25, 0.3) is 10.5 Å². The van der Waals surface area contributed by atoms with E-state index in [9.17, 15) is 0 Å². The quantitative estimate of drug-likeness (QED) is 0.568. The molecular formula is C13H10P4. The fraction of sp³-hybridized carbons (Fsp3) is 0. The van der Waals surface area contributed by atoms with E-state index in [1.165, 1.54) is 44.4 Å². The average molecular weight is 290 g/mol. The summed E-state index contributed by atoms with van der Waals surface area (Å²) in [6, 6.07) is 17.5. The summed E-state index contributed by atoms with van der Waals surface area (Å²) in [6.45, 7) is 0. The first kappa shape index (κ1) is 11.7. The van der Waals surface area contributed by atoms with Gasteiger partial charge in [-0.25, -0.2) is 0 Å². The third kappa shape index (κ3) is 2.73. The SMILES string of the molecule is c1ccc(Pc2cccc3cpppc23)cc1. The van der Waals surface area contributed by atoms with E-state index >= 15 is 0 Å². The molecule has 0 radical (unpaired) electrons. The van der Waals surface area contributed by atoms with Gasteiger partial charge in [0.05, 0.1) is 0 Å². The lowest BCUT2D eigenvalue weighted by Crippen LogP contribution is -2.02. The van der Waals surface area contributed by atoms with E-state index < -0.39 is 0 Å². The maximum absolute atomic E-state index is 2.34. The lowest BCUT2D eigenvalue weighted by Gasteiger charge is -2.05. The molecule has 2 aromatic carbocycles. The van der Waals surface area contributed by atoms with Crippen molar-refractivity contribution in [1.82, 2.24) is 0 Å². The normalized spacial score (nSPS) is 12.7. The zero-order valence-corrected chi connectivity index (χ0v) is 12.7. The van der Waals surface area contributed by atoms with Crippen molar-refractivity contribution in [2.45, 2.75) is 0 Å². The Kier molecular flexibility index (Phi) is 3.80. The standard InChI is InChI=1S/C13H10P4/c1-2-6-11(7-3-1)15-12-8-4-5-10-9-14-17-16-13(10)12/h1-9,15H. The Bertz CT molecular complexity index is 632. The van der Waals surface area contributed by atoms with Crippen molar-refractivity contribution in [2.75, 3.05) is 0 Å². The molecule has 0 N–H and O–H groups in total. The second-order valence-electron chi connectivity index (χ2n) is 3.67. The van der Waals surface area contributed by atoms with Crippen LogP contribution in [0.5, 0.6) is 0 Å². The van der Waals surface area contributed by atoms with E-state index in [0.29, 0.717) is 0 Å². The first-order chi connectivity index (χ1) is 8.43. The number of rotatable bonds is 2. The van der Waals surface area contributed by atoms with Gasteiger partial charge in [-0.15, -0.1) is 0 Å². The Morgan fingerprint density at radius 3 is 2.65 bits per heavy atom. The molecule has 1 heterocycles. The van der Waals surface area contributed by atoms with Crippen molar-refractivity contribution < 1.29 is 0 Å². The number of hydrogen-bond donors (Lipinski definition) is 0. The Morgan fingerprint density at radius 1 is 0.882 bits per heavy atom. The molecule has 1 atom stereocenters. The Morgan fingerprint density at radius 2 is 1.76 bits per heavy atom. The highest BCUT2D eigenvalue weighted by molar-refractivity contribution is 8.17. The predicted octanol–water partition coefficient (Wildman–Crippen LogP) is 5.21. The molecule has 0 saturated heterocycles. The molecule has 82 valence electrons. The smallest absolute Gasteiger partial charge is 0.0220 e. The lowest BCUT2D eigenvalue weighted by atomic mass is 10.3. The molecule has 0 nitrogen and oxygen atoms in total. The number of benzene rings is 2. The van der Waals surface area contributed by atoms with Gasteiger partial charge >= 0.3 is 0 Å². The van der Waals surface area contributed by atoms with Crippen molar-refractivity contribution in [3.05, 3.63) is 54.3 Å². The van der Waals surface area contributed by atoms with Gasteiger partial charge in [0.15, 0.2) is 0 Å². The fourth-order valence-corrected chi connectivity index (χ4v) is 7.87. The topological polar surface area (TPSA) is 0 Å². The minimum absolute atomic E-state index is 0.781. The second kappa shape index (κ2) is 5.52. The molecule has 4 heteroatoms. The van der Waals surface area contributed by atoms with Gasteiger partial charge in [-0.2, -0.15) is 0 Å². The van der Waals surface area contributed by atoms with Crippen molar-refractivity contribution in [3.8, 4) is 0 Å². The number of fused-ring (bicyclic) bond motifs is 1. The van der Waals surface area contributed by atoms with Crippen LogP contribution in [0.4, 0.5) is 0 Å². The fourth-order valence-electron chi connectivity index (χ4n) is 1.71. The summed E-state index contributed by atoms with van der Waals surface area (Å²) in [5.74, 6) is 2.34. The van der Waals surface area contributed by atoms with Crippen LogP contribution in [-0.4, -0.2) is 0 Å². The molecule has 0 saturated carbocycles. The summed E-state index contributed by atoms with van der Waals surface area (Å²) in [5.41, 5.74) is 0. The van der Waals surface area contributed by atoms with Crippen LogP contribution in [0.1, 0.15) is 0 Å². The summed E-state index contributed by atoms with van der Waals surface area (Å²) in [6.07, 6.45) is 0. The molecule has 0 amide bonds. The minimum atomic E-state index is 0.781. The highest BCUT2D eigenvalue weighted by Crippen LogP contribution is 2.38. The molecule has 0 fully saturated rings. The highest BCUT2D eigenvalue weighted by Gasteiger charge is 2.01. The predicted molar refractivity (Wildman–Crippen MR) is 85.5 cm³/mol. The van der Waals surface area contributed by atoms with Gasteiger partial charge in [0, 0.05) is 5.12 Å². The van der Waals surface area contributed by atoms with Crippen molar-refractivity contribution in [1.29, 1.82) is 0 Å². The van der Waals surface area contributed by atoms with E-state index in [0.717, 1.165) is 8.58 Å². The van der Waals surface area contributed by atoms with Crippen LogP contribution >= 0.6 is 31.9 Å². The van der Waals surface area contributed by atoms with Crippen molar-refractivity contribution in [3.63, 3.8) is 0 Å². The van der Waals surface area contributed by atoms with Gasteiger partial charge in [-0.3, -0.25) is 0 Å². The Hall–Kier alpha value is -0.360. The van der Waals surface area contributed by atoms with E-state index in [-0.39, 0.29) is 0 Å². The zero-order valence-electron chi connectivity index (χ0n) is 9.04. The summed E-state index contributed by atoms with van der Waals surface area (Å²) in [4.78, 5) is 0. The summed E-state index contributed by atoms with van der Waals surface area (Å²) in [7, 11) is 5.16. The van der Waals surface area contributed by atoms with Crippen molar-refractivity contribution in [2.24, 2.45) is 0 Å². The highest BCUT2D eigenvalue weighted by atomic mass is 32.1. The molecule has 0 aliphatic rings. The zero-order chi connectivity index (χ0) is 11.5. The Balaban J connectivity index is 2.06. The molecular weight excluding hydrogens is 280 g/mol. The molecule has 17 heavy (non-hydrogen) atoms. The van der Waals surface area contributed by atoms with Gasteiger partial charge in [-0.1, -0.05) is 57.1 Å². The van der Waals surface area contributed by atoms with Crippen LogP contribution in [0, 0.1) is 0 Å². The van der Waals surface area contributed by atoms with Crippen LogP contribution in [0.2, 0.25) is 0 Å². The van der Waals surface area contributed by atoms with Gasteiger partial charge in [-0.05, 0) is 45.1 Å². The first-order valence-corrected chi connectivity index (χ1v) is 10.5. The minimum Gasteiger partial charge on any atom is -0.0622 e. The van der Waals surface area contributed by atoms with Crippen LogP contribution in [0.15, 0.2) is 54.3 Å². The first-order valence-electron chi connectivity index (χ1n) is 5.33. The summed E-state index contributed by atoms with van der Waals surface area (Å²) < 4.78 is 0. The lowest BCUT2D eigenvalue weighted by molar-refractivity contribution is 1.78. The third-order valence-electron chi connectivity index (χ3n) is 2.51. The van der Waals surface area contributed by atoms with Crippen LogP contribution in [-0.2, 0) is 0 Å². The molecule has 0 spiro atoms. The summed E-state index contributed by atoms with van der Waals surface area (Å²) >= 11 is 0. The molecule has 3 aromatic rings. The van der Waals surface area contributed by atoms with E-state index in [1.807, 2.05) is 0 Å². The van der Waals surface area contributed by atoms with Crippen LogP contribution < -0.4 is 10.6 Å². The van der Waals surface area contributed by atoms with E-state index in [2.05, 4.69) is 54.3 Å². The molecule has 1 aromatic heterocycles.